The lowest BCUT2D eigenvalue weighted by Gasteiger charge is -2.46. The lowest BCUT2D eigenvalue weighted by atomic mass is 10.0. The summed E-state index contributed by atoms with van der Waals surface area (Å²) in [6.07, 6.45) is 18.2. The molecule has 0 saturated carbocycles. The van der Waals surface area contributed by atoms with Crippen LogP contribution in [0.15, 0.2) is 0 Å². The third-order valence-electron chi connectivity index (χ3n) is 6.07. The summed E-state index contributed by atoms with van der Waals surface area (Å²) in [6, 6.07) is 0. The minimum Gasteiger partial charge on any atom is -0.550 e. The van der Waals surface area contributed by atoms with Crippen molar-refractivity contribution in [1.82, 2.24) is 0 Å². The highest BCUT2D eigenvalue weighted by atomic mass is 16.6. The van der Waals surface area contributed by atoms with E-state index in [1.807, 2.05) is 14.1 Å². The summed E-state index contributed by atoms with van der Waals surface area (Å²) < 4.78 is 6.33. The number of carboxylic acid groups (broad SMARTS) is 1. The van der Waals surface area contributed by atoms with Gasteiger partial charge in [-0.05, 0) is 6.42 Å². The quantitative estimate of drug-likeness (QED) is 0.287. The molecule has 5 heteroatoms. The molecule has 0 aliphatic carbocycles. The Balaban J connectivity index is 2.04. The summed E-state index contributed by atoms with van der Waals surface area (Å²) in [5, 5.41) is 21.7. The van der Waals surface area contributed by atoms with Gasteiger partial charge < -0.3 is 24.2 Å². The van der Waals surface area contributed by atoms with E-state index < -0.39 is 17.9 Å². The predicted octanol–water partition coefficient (Wildman–Crippen LogP) is 4.16. The van der Waals surface area contributed by atoms with Gasteiger partial charge in [0.05, 0.1) is 14.1 Å². The van der Waals surface area contributed by atoms with E-state index in [2.05, 4.69) is 6.92 Å². The highest BCUT2D eigenvalue weighted by Crippen LogP contribution is 2.29. The first-order chi connectivity index (χ1) is 13.8. The van der Waals surface area contributed by atoms with Crippen molar-refractivity contribution in [2.45, 2.75) is 122 Å². The van der Waals surface area contributed by atoms with Crippen LogP contribution in [0.1, 0.15) is 110 Å². The molecular weight excluding hydrogens is 366 g/mol. The predicted molar refractivity (Wildman–Crippen MR) is 116 cm³/mol. The van der Waals surface area contributed by atoms with E-state index in [1.165, 1.54) is 77.0 Å². The molecule has 1 fully saturated rings. The molecule has 0 aromatic rings. The SMILES string of the molecule is CCCCCCCCCCCCCCCC[C@@]1(O)C[N+](C)(C)C[C@@H](CC(=O)[O-])O1. The maximum absolute atomic E-state index is 10.9. The van der Waals surface area contributed by atoms with Crippen LogP contribution in [0.3, 0.4) is 0 Å². The summed E-state index contributed by atoms with van der Waals surface area (Å²) in [6.45, 7) is 3.37. The van der Waals surface area contributed by atoms with Gasteiger partial charge in [-0.25, -0.2) is 0 Å². The maximum Gasteiger partial charge on any atom is 0.216 e. The molecule has 0 aromatic heterocycles. The minimum atomic E-state index is -1.21. The van der Waals surface area contributed by atoms with Gasteiger partial charge in [-0.3, -0.25) is 0 Å². The van der Waals surface area contributed by atoms with Crippen LogP contribution in [-0.4, -0.2) is 54.6 Å². The van der Waals surface area contributed by atoms with Gasteiger partial charge in [0.2, 0.25) is 5.79 Å². The number of carbonyl (C=O) groups excluding carboxylic acids is 1. The number of nitrogens with zero attached hydrogens (tertiary/aromatic N) is 1. The van der Waals surface area contributed by atoms with Crippen LogP contribution in [0.4, 0.5) is 0 Å². The summed E-state index contributed by atoms with van der Waals surface area (Å²) in [4.78, 5) is 10.9. The van der Waals surface area contributed by atoms with E-state index in [-0.39, 0.29) is 6.42 Å². The summed E-state index contributed by atoms with van der Waals surface area (Å²) in [7, 11) is 4.03. The smallest absolute Gasteiger partial charge is 0.216 e. The molecule has 1 rings (SSSR count). The Hall–Kier alpha value is -0.650. The number of carbonyl (C=O) groups is 1. The van der Waals surface area contributed by atoms with Gasteiger partial charge in [0, 0.05) is 18.8 Å². The van der Waals surface area contributed by atoms with Gasteiger partial charge in [-0.15, -0.1) is 0 Å². The molecule has 0 amide bonds. The molecule has 0 spiro atoms. The number of morpholine rings is 1. The number of ether oxygens (including phenoxy) is 1. The highest BCUT2D eigenvalue weighted by Gasteiger charge is 2.44. The molecule has 1 aliphatic rings. The Kier molecular flexibility index (Phi) is 13.1. The summed E-state index contributed by atoms with van der Waals surface area (Å²) in [5.74, 6) is -2.32. The van der Waals surface area contributed by atoms with Gasteiger partial charge in [0.15, 0.2) is 0 Å². The van der Waals surface area contributed by atoms with E-state index in [0.29, 0.717) is 24.0 Å². The van der Waals surface area contributed by atoms with Crippen molar-refractivity contribution in [3.63, 3.8) is 0 Å². The minimum absolute atomic E-state index is 0.150. The average molecular weight is 414 g/mol. The molecule has 0 bridgehead atoms. The molecule has 172 valence electrons. The number of hydrogen-bond donors (Lipinski definition) is 1. The van der Waals surface area contributed by atoms with Gasteiger partial charge in [0.1, 0.15) is 19.2 Å². The zero-order chi connectivity index (χ0) is 21.6. The topological polar surface area (TPSA) is 69.6 Å². The molecule has 0 aromatic carbocycles. The Morgan fingerprint density at radius 2 is 1.38 bits per heavy atom. The second-order valence-electron chi connectivity index (χ2n) is 9.88. The van der Waals surface area contributed by atoms with E-state index in [0.717, 1.165) is 12.8 Å². The summed E-state index contributed by atoms with van der Waals surface area (Å²) >= 11 is 0. The molecule has 1 saturated heterocycles. The van der Waals surface area contributed by atoms with Gasteiger partial charge >= 0.3 is 0 Å². The molecule has 1 heterocycles. The standard InChI is InChI=1S/C24H47NO4/c1-4-5-6-7-8-9-10-11-12-13-14-15-16-17-18-24(28)21-25(2,3)20-22(29-24)19-23(26)27/h22,28H,4-21H2,1-3H3/t22-,24+/m1/s1. The fourth-order valence-electron chi connectivity index (χ4n) is 4.70. The van der Waals surface area contributed by atoms with Crippen molar-refractivity contribution < 1.29 is 24.2 Å². The van der Waals surface area contributed by atoms with E-state index in [1.54, 1.807) is 0 Å². The van der Waals surface area contributed by atoms with Crippen LogP contribution >= 0.6 is 0 Å². The maximum atomic E-state index is 10.9. The third kappa shape index (κ3) is 13.3. The summed E-state index contributed by atoms with van der Waals surface area (Å²) in [5.41, 5.74) is 0. The Labute approximate surface area is 179 Å². The van der Waals surface area contributed by atoms with Crippen molar-refractivity contribution >= 4 is 5.97 Å². The number of rotatable bonds is 17. The molecule has 1 N–H and O–H groups in total. The van der Waals surface area contributed by atoms with Gasteiger partial charge in [0.25, 0.3) is 0 Å². The molecule has 0 unspecified atom stereocenters. The average Bonchev–Trinajstić information content (AvgIpc) is 2.59. The van der Waals surface area contributed by atoms with E-state index in [9.17, 15) is 15.0 Å². The molecule has 5 nitrogen and oxygen atoms in total. The third-order valence-corrected chi connectivity index (χ3v) is 6.07. The van der Waals surface area contributed by atoms with Crippen LogP contribution < -0.4 is 5.11 Å². The lowest BCUT2D eigenvalue weighted by Crippen LogP contribution is -2.63. The molecule has 2 atom stereocenters. The second-order valence-corrected chi connectivity index (χ2v) is 9.88. The number of quaternary nitrogens is 1. The largest absolute Gasteiger partial charge is 0.550 e. The van der Waals surface area contributed by atoms with Gasteiger partial charge in [-0.2, -0.15) is 0 Å². The van der Waals surface area contributed by atoms with Crippen molar-refractivity contribution in [2.75, 3.05) is 27.2 Å². The van der Waals surface area contributed by atoms with Crippen LogP contribution in [0.2, 0.25) is 0 Å². The van der Waals surface area contributed by atoms with Crippen LogP contribution in [0, 0.1) is 0 Å². The van der Waals surface area contributed by atoms with Crippen LogP contribution in [-0.2, 0) is 9.53 Å². The van der Waals surface area contributed by atoms with Crippen molar-refractivity contribution in [3.8, 4) is 0 Å². The van der Waals surface area contributed by atoms with E-state index in [4.69, 9.17) is 4.74 Å². The first-order valence-corrected chi connectivity index (χ1v) is 12.2. The van der Waals surface area contributed by atoms with E-state index >= 15 is 0 Å². The first-order valence-electron chi connectivity index (χ1n) is 12.2. The van der Waals surface area contributed by atoms with Crippen molar-refractivity contribution in [2.24, 2.45) is 0 Å². The fourth-order valence-corrected chi connectivity index (χ4v) is 4.70. The highest BCUT2D eigenvalue weighted by molar-refractivity contribution is 5.64. The lowest BCUT2D eigenvalue weighted by molar-refractivity contribution is -0.915. The number of hydrogen-bond acceptors (Lipinski definition) is 4. The zero-order valence-electron chi connectivity index (χ0n) is 19.4. The van der Waals surface area contributed by atoms with Crippen molar-refractivity contribution in [1.29, 1.82) is 0 Å². The molecular formula is C24H47NO4. The normalized spacial score (nSPS) is 23.9. The molecule has 1 aliphatic heterocycles. The number of aliphatic hydroxyl groups is 1. The monoisotopic (exact) mass is 413 g/mol. The molecule has 0 radical (unpaired) electrons. The van der Waals surface area contributed by atoms with Crippen LogP contribution in [0.5, 0.6) is 0 Å². The first kappa shape index (κ1) is 26.4. The Morgan fingerprint density at radius 1 is 0.931 bits per heavy atom. The second kappa shape index (κ2) is 14.4. The molecule has 29 heavy (non-hydrogen) atoms. The zero-order valence-corrected chi connectivity index (χ0v) is 19.4. The van der Waals surface area contributed by atoms with Gasteiger partial charge in [-0.1, -0.05) is 90.4 Å². The Bertz CT molecular complexity index is 441. The number of carboxylic acids is 1. The van der Waals surface area contributed by atoms with Crippen LogP contribution in [0.25, 0.3) is 0 Å². The van der Waals surface area contributed by atoms with Crippen molar-refractivity contribution in [3.05, 3.63) is 0 Å². The number of aliphatic carboxylic acids is 1. The number of unbranched alkanes of at least 4 members (excludes halogenated alkanes) is 13. The fraction of sp³-hybridized carbons (Fsp3) is 0.958. The number of likely N-dealkylation sites (N-methyl/N-ethyl adjacent to an activating group) is 1. The Morgan fingerprint density at radius 3 is 1.83 bits per heavy atom.